The van der Waals surface area contributed by atoms with Gasteiger partial charge < -0.3 is 15.4 Å². The second-order valence-corrected chi connectivity index (χ2v) is 7.32. The van der Waals surface area contributed by atoms with Gasteiger partial charge in [0.2, 0.25) is 5.91 Å². The van der Waals surface area contributed by atoms with Crippen LogP contribution < -0.4 is 15.4 Å². The molecule has 1 aliphatic rings. The summed E-state index contributed by atoms with van der Waals surface area (Å²) in [5, 5.41) is 6.18. The fourth-order valence-electron chi connectivity index (χ4n) is 3.13. The van der Waals surface area contributed by atoms with Crippen LogP contribution >= 0.6 is 12.2 Å². The van der Waals surface area contributed by atoms with Crippen molar-refractivity contribution in [2.45, 2.75) is 71.3 Å². The van der Waals surface area contributed by atoms with Crippen molar-refractivity contribution in [3.63, 3.8) is 0 Å². The highest BCUT2D eigenvalue weighted by atomic mass is 32.1. The molecule has 138 valence electrons. The van der Waals surface area contributed by atoms with Crippen molar-refractivity contribution in [1.82, 2.24) is 5.32 Å². The van der Waals surface area contributed by atoms with E-state index in [4.69, 9.17) is 17.0 Å². The van der Waals surface area contributed by atoms with Gasteiger partial charge in [-0.05, 0) is 50.0 Å². The summed E-state index contributed by atoms with van der Waals surface area (Å²) < 4.78 is 5.80. The van der Waals surface area contributed by atoms with Crippen LogP contribution in [0.2, 0.25) is 0 Å². The molecule has 1 unspecified atom stereocenters. The van der Waals surface area contributed by atoms with E-state index >= 15 is 0 Å². The fraction of sp³-hybridized carbons (Fsp3) is 0.600. The van der Waals surface area contributed by atoms with E-state index in [2.05, 4.69) is 17.6 Å². The van der Waals surface area contributed by atoms with E-state index in [0.717, 1.165) is 24.3 Å². The Hall–Kier alpha value is -1.62. The Bertz CT molecular complexity index is 571. The van der Waals surface area contributed by atoms with Crippen molar-refractivity contribution in [3.8, 4) is 5.75 Å². The second kappa shape index (κ2) is 10.4. The first-order valence-electron chi connectivity index (χ1n) is 9.44. The molecule has 0 spiro atoms. The smallest absolute Gasteiger partial charge is 0.226 e. The lowest BCUT2D eigenvalue weighted by molar-refractivity contribution is -0.120. The van der Waals surface area contributed by atoms with Crippen LogP contribution in [-0.2, 0) is 4.79 Å². The van der Waals surface area contributed by atoms with E-state index in [9.17, 15) is 4.79 Å². The van der Waals surface area contributed by atoms with E-state index < -0.39 is 0 Å². The maximum absolute atomic E-state index is 12.1. The van der Waals surface area contributed by atoms with Gasteiger partial charge in [-0.25, -0.2) is 0 Å². The molecule has 0 heterocycles. The Labute approximate surface area is 156 Å². The van der Waals surface area contributed by atoms with E-state index in [0.29, 0.717) is 17.5 Å². The van der Waals surface area contributed by atoms with Crippen molar-refractivity contribution < 1.29 is 9.53 Å². The molecule has 1 atom stereocenters. The molecule has 1 aliphatic carbocycles. The number of nitrogens with one attached hydrogen (secondary N) is 2. The zero-order valence-electron chi connectivity index (χ0n) is 15.3. The number of carbonyl (C=O) groups is 1. The molecule has 1 saturated carbocycles. The molecule has 0 radical (unpaired) electrons. The summed E-state index contributed by atoms with van der Waals surface area (Å²) in [6, 6.07) is 7.63. The van der Waals surface area contributed by atoms with Crippen LogP contribution in [0.4, 0.5) is 5.69 Å². The van der Waals surface area contributed by atoms with Crippen molar-refractivity contribution in [2.24, 2.45) is 5.92 Å². The molecule has 2 N–H and O–H groups in total. The molecule has 5 heteroatoms. The Kier molecular flexibility index (Phi) is 8.19. The zero-order chi connectivity index (χ0) is 18.1. The van der Waals surface area contributed by atoms with Crippen LogP contribution in [0.5, 0.6) is 5.75 Å². The fourth-order valence-corrected chi connectivity index (χ4v) is 3.36. The molecule has 0 bridgehead atoms. The first kappa shape index (κ1) is 19.7. The Morgan fingerprint density at radius 3 is 2.80 bits per heavy atom. The predicted molar refractivity (Wildman–Crippen MR) is 107 cm³/mol. The number of hydrogen-bond donors (Lipinski definition) is 2. The Morgan fingerprint density at radius 2 is 2.08 bits per heavy atom. The molecule has 1 aromatic rings. The third-order valence-electron chi connectivity index (χ3n) is 4.76. The lowest BCUT2D eigenvalue weighted by atomic mass is 9.86. The number of anilines is 1. The highest BCUT2D eigenvalue weighted by Gasteiger charge is 2.15. The van der Waals surface area contributed by atoms with Gasteiger partial charge >= 0.3 is 0 Å². The summed E-state index contributed by atoms with van der Waals surface area (Å²) in [6.07, 6.45) is 9.11. The SMILES string of the molecule is CCC(C)Oc1cccc(NC(=S)NC(=O)CCC2CCCCC2)c1. The van der Waals surface area contributed by atoms with Crippen molar-refractivity contribution >= 4 is 28.9 Å². The first-order valence-corrected chi connectivity index (χ1v) is 9.85. The van der Waals surface area contributed by atoms with Gasteiger partial charge in [0, 0.05) is 18.2 Å². The number of benzene rings is 1. The summed E-state index contributed by atoms with van der Waals surface area (Å²) in [5.41, 5.74) is 0.818. The van der Waals surface area contributed by atoms with Crippen LogP contribution in [0.15, 0.2) is 24.3 Å². The van der Waals surface area contributed by atoms with Gasteiger partial charge in [0.25, 0.3) is 0 Å². The maximum Gasteiger partial charge on any atom is 0.226 e. The van der Waals surface area contributed by atoms with Gasteiger partial charge in [0.05, 0.1) is 6.10 Å². The molecule has 25 heavy (non-hydrogen) atoms. The summed E-state index contributed by atoms with van der Waals surface area (Å²) >= 11 is 5.25. The van der Waals surface area contributed by atoms with Gasteiger partial charge in [-0.15, -0.1) is 0 Å². The minimum atomic E-state index is -0.00455. The van der Waals surface area contributed by atoms with E-state index in [1.54, 1.807) is 0 Å². The number of rotatable bonds is 7. The lowest BCUT2D eigenvalue weighted by Gasteiger charge is -2.21. The highest BCUT2D eigenvalue weighted by molar-refractivity contribution is 7.80. The number of carbonyl (C=O) groups excluding carboxylic acids is 1. The van der Waals surface area contributed by atoms with Crippen LogP contribution in [0.25, 0.3) is 0 Å². The minimum Gasteiger partial charge on any atom is -0.491 e. The maximum atomic E-state index is 12.1. The van der Waals surface area contributed by atoms with Crippen molar-refractivity contribution in [3.05, 3.63) is 24.3 Å². The molecule has 1 amide bonds. The van der Waals surface area contributed by atoms with Gasteiger partial charge in [-0.1, -0.05) is 45.1 Å². The normalized spacial score (nSPS) is 16.1. The van der Waals surface area contributed by atoms with Gasteiger partial charge in [0.1, 0.15) is 5.75 Å². The third-order valence-corrected chi connectivity index (χ3v) is 4.97. The molecule has 0 aromatic heterocycles. The molecular weight excluding hydrogens is 332 g/mol. The Balaban J connectivity index is 1.75. The zero-order valence-corrected chi connectivity index (χ0v) is 16.2. The first-order chi connectivity index (χ1) is 12.1. The molecule has 4 nitrogen and oxygen atoms in total. The van der Waals surface area contributed by atoms with Gasteiger partial charge in [-0.3, -0.25) is 4.79 Å². The standard InChI is InChI=1S/C20H30N2O2S/c1-3-15(2)24-18-11-7-10-17(14-18)21-20(25)22-19(23)13-12-16-8-5-4-6-9-16/h7,10-11,14-16H,3-6,8-9,12-13H2,1-2H3,(H2,21,22,23,25). The van der Waals surface area contributed by atoms with Crippen LogP contribution in [0.1, 0.15) is 65.2 Å². The average molecular weight is 363 g/mol. The predicted octanol–water partition coefficient (Wildman–Crippen LogP) is 5.04. The van der Waals surface area contributed by atoms with Crippen LogP contribution in [0, 0.1) is 5.92 Å². The third kappa shape index (κ3) is 7.43. The van der Waals surface area contributed by atoms with Crippen molar-refractivity contribution in [1.29, 1.82) is 0 Å². The molecule has 1 aromatic carbocycles. The second-order valence-electron chi connectivity index (χ2n) is 6.91. The minimum absolute atomic E-state index is 0.00455. The molecule has 2 rings (SSSR count). The summed E-state index contributed by atoms with van der Waals surface area (Å²) in [4.78, 5) is 12.1. The summed E-state index contributed by atoms with van der Waals surface area (Å²) in [5.74, 6) is 1.50. The van der Waals surface area contributed by atoms with Gasteiger partial charge in [0.15, 0.2) is 5.11 Å². The van der Waals surface area contributed by atoms with E-state index in [1.165, 1.54) is 32.1 Å². The number of ether oxygens (including phenoxy) is 1. The molecule has 0 saturated heterocycles. The number of hydrogen-bond acceptors (Lipinski definition) is 3. The lowest BCUT2D eigenvalue weighted by Crippen LogP contribution is -2.34. The molecule has 0 aliphatic heterocycles. The monoisotopic (exact) mass is 362 g/mol. The number of thiocarbonyl (C=S) groups is 1. The molecule has 1 fully saturated rings. The molecular formula is C20H30N2O2S. The van der Waals surface area contributed by atoms with Gasteiger partial charge in [-0.2, -0.15) is 0 Å². The number of amides is 1. The Morgan fingerprint density at radius 1 is 1.32 bits per heavy atom. The van der Waals surface area contributed by atoms with E-state index in [-0.39, 0.29) is 12.0 Å². The van der Waals surface area contributed by atoms with Crippen LogP contribution in [0.3, 0.4) is 0 Å². The van der Waals surface area contributed by atoms with E-state index in [1.807, 2.05) is 31.2 Å². The quantitative estimate of drug-likeness (QED) is 0.667. The summed E-state index contributed by atoms with van der Waals surface area (Å²) in [6.45, 7) is 4.13. The average Bonchev–Trinajstić information content (AvgIpc) is 2.61. The highest BCUT2D eigenvalue weighted by Crippen LogP contribution is 2.27. The largest absolute Gasteiger partial charge is 0.491 e. The van der Waals surface area contributed by atoms with Crippen molar-refractivity contribution in [2.75, 3.05) is 5.32 Å². The summed E-state index contributed by atoms with van der Waals surface area (Å²) in [7, 11) is 0. The topological polar surface area (TPSA) is 50.4 Å². The van der Waals surface area contributed by atoms with Crippen LogP contribution in [-0.4, -0.2) is 17.1 Å².